The first-order valence-corrected chi connectivity index (χ1v) is 9.69. The highest BCUT2D eigenvalue weighted by Gasteiger charge is 2.33. The molecule has 2 unspecified atom stereocenters. The number of benzene rings is 1. The van der Waals surface area contributed by atoms with E-state index >= 15 is 0 Å². The fourth-order valence-electron chi connectivity index (χ4n) is 2.88. The summed E-state index contributed by atoms with van der Waals surface area (Å²) in [7, 11) is 1.33. The van der Waals surface area contributed by atoms with Gasteiger partial charge in [-0.1, -0.05) is 23.7 Å². The van der Waals surface area contributed by atoms with Gasteiger partial charge in [0, 0.05) is 28.9 Å². The molecule has 1 aliphatic rings. The molecule has 8 heteroatoms. The summed E-state index contributed by atoms with van der Waals surface area (Å²) in [6, 6.07) is 7.52. The number of thioether (sulfide) groups is 1. The minimum Gasteiger partial charge on any atom is -0.466 e. The van der Waals surface area contributed by atoms with Crippen molar-refractivity contribution in [3.05, 3.63) is 76.0 Å². The molecule has 27 heavy (non-hydrogen) atoms. The number of allylic oxidation sites excluding steroid dienone is 1. The number of pyridine rings is 1. The monoisotopic (exact) mass is 407 g/mol. The Morgan fingerprint density at radius 1 is 1.41 bits per heavy atom. The number of halogens is 2. The van der Waals surface area contributed by atoms with Crippen LogP contribution in [0.3, 0.4) is 0 Å². The van der Waals surface area contributed by atoms with Gasteiger partial charge in [0.1, 0.15) is 11.3 Å². The van der Waals surface area contributed by atoms with Crippen LogP contribution in [0, 0.1) is 5.82 Å². The van der Waals surface area contributed by atoms with Gasteiger partial charge in [-0.05, 0) is 36.2 Å². The quantitative estimate of drug-likeness (QED) is 0.735. The third kappa shape index (κ3) is 4.61. The van der Waals surface area contributed by atoms with E-state index in [4.69, 9.17) is 16.3 Å². The van der Waals surface area contributed by atoms with Crippen LogP contribution in [0.1, 0.15) is 24.1 Å². The van der Waals surface area contributed by atoms with Gasteiger partial charge in [0.25, 0.3) is 0 Å². The van der Waals surface area contributed by atoms with Crippen LogP contribution < -0.4 is 10.6 Å². The second-order valence-corrected chi connectivity index (χ2v) is 7.49. The van der Waals surface area contributed by atoms with E-state index in [0.29, 0.717) is 16.8 Å². The first-order chi connectivity index (χ1) is 13.0. The zero-order valence-electron chi connectivity index (χ0n) is 14.8. The lowest BCUT2D eigenvalue weighted by Gasteiger charge is -2.35. The molecule has 0 saturated heterocycles. The van der Waals surface area contributed by atoms with Crippen LogP contribution in [0.5, 0.6) is 0 Å². The lowest BCUT2D eigenvalue weighted by atomic mass is 9.95. The minimum atomic E-state index is -0.516. The molecule has 0 fully saturated rings. The highest BCUT2D eigenvalue weighted by Crippen LogP contribution is 2.35. The number of hydrogen-bond acceptors (Lipinski definition) is 6. The van der Waals surface area contributed by atoms with Crippen molar-refractivity contribution in [3.8, 4) is 0 Å². The van der Waals surface area contributed by atoms with E-state index in [1.165, 1.54) is 19.2 Å². The van der Waals surface area contributed by atoms with Gasteiger partial charge >= 0.3 is 5.97 Å². The maximum atomic E-state index is 13.5. The first kappa shape index (κ1) is 19.7. The van der Waals surface area contributed by atoms with Gasteiger partial charge in [0.05, 0.1) is 18.7 Å². The van der Waals surface area contributed by atoms with Crippen molar-refractivity contribution in [1.29, 1.82) is 0 Å². The molecular formula is C19H19ClFN3O2S. The average Bonchev–Trinajstić information content (AvgIpc) is 2.66. The fraction of sp³-hybridized carbons (Fsp3) is 0.263. The second-order valence-electron chi connectivity index (χ2n) is 5.99. The Kier molecular flexibility index (Phi) is 6.36. The number of methoxy groups -OCH3 is 1. The molecule has 2 aromatic rings. The van der Waals surface area contributed by atoms with Gasteiger partial charge in [-0.2, -0.15) is 0 Å². The number of hydrogen-bond donors (Lipinski definition) is 2. The molecular weight excluding hydrogens is 389 g/mol. The molecule has 1 aromatic carbocycles. The van der Waals surface area contributed by atoms with Gasteiger partial charge in [-0.25, -0.2) is 9.18 Å². The third-order valence-corrected chi connectivity index (χ3v) is 5.59. The molecule has 142 valence electrons. The third-order valence-electron chi connectivity index (χ3n) is 4.18. The van der Waals surface area contributed by atoms with E-state index in [-0.39, 0.29) is 10.5 Å². The van der Waals surface area contributed by atoms with E-state index in [1.807, 2.05) is 25.3 Å². The van der Waals surface area contributed by atoms with E-state index in [0.717, 1.165) is 11.3 Å². The highest BCUT2D eigenvalue weighted by molar-refractivity contribution is 7.99. The summed E-state index contributed by atoms with van der Waals surface area (Å²) < 4.78 is 18.4. The summed E-state index contributed by atoms with van der Waals surface area (Å²) in [6.07, 6.45) is 3.54. The van der Waals surface area contributed by atoms with Crippen molar-refractivity contribution in [2.45, 2.75) is 24.2 Å². The molecule has 2 atom stereocenters. The summed E-state index contributed by atoms with van der Waals surface area (Å²) in [6.45, 7) is 1.81. The van der Waals surface area contributed by atoms with Crippen LogP contribution in [0.2, 0.25) is 5.02 Å². The lowest BCUT2D eigenvalue weighted by molar-refractivity contribution is -0.136. The Morgan fingerprint density at radius 3 is 2.89 bits per heavy atom. The smallest absolute Gasteiger partial charge is 0.337 e. The zero-order valence-corrected chi connectivity index (χ0v) is 16.4. The Morgan fingerprint density at radius 2 is 2.22 bits per heavy atom. The van der Waals surface area contributed by atoms with E-state index in [9.17, 15) is 9.18 Å². The first-order valence-electron chi connectivity index (χ1n) is 8.26. The summed E-state index contributed by atoms with van der Waals surface area (Å²) in [5.41, 5.74) is 2.64. The molecule has 0 bridgehead atoms. The number of nitrogens with zero attached hydrogens (tertiary/aromatic N) is 1. The van der Waals surface area contributed by atoms with Gasteiger partial charge in [0.15, 0.2) is 0 Å². The Balaban J connectivity index is 1.87. The Labute approximate surface area is 166 Å². The van der Waals surface area contributed by atoms with Crippen LogP contribution in [-0.2, 0) is 15.3 Å². The van der Waals surface area contributed by atoms with Gasteiger partial charge in [-0.15, -0.1) is 11.8 Å². The fourth-order valence-corrected chi connectivity index (χ4v) is 4.18. The van der Waals surface area contributed by atoms with Crippen molar-refractivity contribution in [1.82, 2.24) is 15.6 Å². The number of aromatic nitrogens is 1. The number of carbonyl (C=O) groups excluding carboxylic acids is 1. The zero-order chi connectivity index (χ0) is 19.4. The highest BCUT2D eigenvalue weighted by atomic mass is 35.5. The molecule has 3 rings (SSSR count). The second kappa shape index (κ2) is 8.73. The number of nitrogens with one attached hydrogen (secondary N) is 2. The predicted octanol–water partition coefficient (Wildman–Crippen LogP) is 3.77. The summed E-state index contributed by atoms with van der Waals surface area (Å²) in [4.78, 5) is 16.4. The molecule has 1 aromatic heterocycles. The van der Waals surface area contributed by atoms with Crippen LogP contribution in [0.4, 0.5) is 4.39 Å². The van der Waals surface area contributed by atoms with Gasteiger partial charge < -0.3 is 10.1 Å². The molecule has 0 spiro atoms. The Bertz CT molecular complexity index is 863. The molecule has 2 N–H and O–H groups in total. The normalized spacial score (nSPS) is 19.6. The van der Waals surface area contributed by atoms with Crippen LogP contribution in [-0.4, -0.2) is 23.6 Å². The summed E-state index contributed by atoms with van der Waals surface area (Å²) in [5.74, 6) is -0.169. The SMILES string of the molecule is COC(=O)C1=C(C)NC(SCc2cccnc2)NC1c1ccc(F)cc1Cl. The lowest BCUT2D eigenvalue weighted by Crippen LogP contribution is -2.48. The number of carbonyl (C=O) groups is 1. The largest absolute Gasteiger partial charge is 0.466 e. The number of ether oxygens (including phenoxy) is 1. The minimum absolute atomic E-state index is 0.176. The van der Waals surface area contributed by atoms with E-state index < -0.39 is 17.8 Å². The molecule has 0 amide bonds. The van der Waals surface area contributed by atoms with Gasteiger partial charge in [-0.3, -0.25) is 10.3 Å². The molecule has 0 saturated carbocycles. The van der Waals surface area contributed by atoms with Crippen molar-refractivity contribution in [2.75, 3.05) is 7.11 Å². The van der Waals surface area contributed by atoms with Crippen molar-refractivity contribution >= 4 is 29.3 Å². The number of rotatable bonds is 5. The molecule has 0 aliphatic carbocycles. The molecule has 1 aliphatic heterocycles. The summed E-state index contributed by atoms with van der Waals surface area (Å²) in [5, 5.41) is 6.89. The van der Waals surface area contributed by atoms with Crippen LogP contribution in [0.25, 0.3) is 0 Å². The van der Waals surface area contributed by atoms with E-state index in [1.54, 1.807) is 24.0 Å². The Hall–Kier alpha value is -2.09. The van der Waals surface area contributed by atoms with Crippen molar-refractivity contribution in [3.63, 3.8) is 0 Å². The maximum absolute atomic E-state index is 13.5. The summed E-state index contributed by atoms with van der Waals surface area (Å²) >= 11 is 7.87. The van der Waals surface area contributed by atoms with Crippen LogP contribution >= 0.6 is 23.4 Å². The number of esters is 1. The van der Waals surface area contributed by atoms with Crippen LogP contribution in [0.15, 0.2) is 54.0 Å². The van der Waals surface area contributed by atoms with E-state index in [2.05, 4.69) is 15.6 Å². The van der Waals surface area contributed by atoms with Crippen molar-refractivity contribution in [2.24, 2.45) is 0 Å². The standard InChI is InChI=1S/C19H19ClFN3O2S/c1-11-16(18(25)26-2)17(14-6-5-13(21)8-15(14)20)24-19(23-11)27-10-12-4-3-7-22-9-12/h3-9,17,19,23-24H,10H2,1-2H3. The maximum Gasteiger partial charge on any atom is 0.337 e. The van der Waals surface area contributed by atoms with Crippen molar-refractivity contribution < 1.29 is 13.9 Å². The predicted molar refractivity (Wildman–Crippen MR) is 104 cm³/mol. The van der Waals surface area contributed by atoms with Gasteiger partial charge in [0.2, 0.25) is 0 Å². The molecule has 5 nitrogen and oxygen atoms in total. The average molecular weight is 408 g/mol. The molecule has 0 radical (unpaired) electrons. The molecule has 2 heterocycles. The topological polar surface area (TPSA) is 63.2 Å².